The van der Waals surface area contributed by atoms with Crippen molar-refractivity contribution in [3.8, 4) is 16.9 Å². The average molecular weight is 534 g/mol. The van der Waals surface area contributed by atoms with Crippen LogP contribution in [0, 0.1) is 0 Å². The summed E-state index contributed by atoms with van der Waals surface area (Å²) in [5, 5.41) is 10.5. The van der Waals surface area contributed by atoms with E-state index in [1.807, 2.05) is 62.5 Å². The average Bonchev–Trinajstić information content (AvgIpc) is 3.49. The lowest BCUT2D eigenvalue weighted by Gasteiger charge is -2.17. The molecule has 1 aliphatic rings. The lowest BCUT2D eigenvalue weighted by molar-refractivity contribution is -0.137. The second kappa shape index (κ2) is 10.2. The van der Waals surface area contributed by atoms with Crippen LogP contribution in [0.25, 0.3) is 22.0 Å². The molecule has 4 aromatic rings. The first-order valence-electron chi connectivity index (χ1n) is 12.6. The highest BCUT2D eigenvalue weighted by Gasteiger charge is 2.34. The first kappa shape index (κ1) is 25.8. The monoisotopic (exact) mass is 533 g/mol. The molecule has 198 valence electrons. The summed E-state index contributed by atoms with van der Waals surface area (Å²) in [5.74, 6) is -0.366. The summed E-state index contributed by atoms with van der Waals surface area (Å²) in [6.45, 7) is 4.37. The third-order valence-corrected chi connectivity index (χ3v) is 8.74. The fourth-order valence-electron chi connectivity index (χ4n) is 5.13. The molecule has 1 aromatic heterocycles. The van der Waals surface area contributed by atoms with Crippen molar-refractivity contribution in [2.45, 2.75) is 43.7 Å². The molecule has 1 fully saturated rings. The van der Waals surface area contributed by atoms with Gasteiger partial charge in [0.2, 0.25) is 10.0 Å². The molecule has 1 unspecified atom stereocenters. The number of anilines is 1. The molecule has 5 rings (SSSR count). The number of ether oxygens (including phenoxy) is 1. The Morgan fingerprint density at radius 2 is 1.82 bits per heavy atom. The highest BCUT2D eigenvalue weighted by Crippen LogP contribution is 2.37. The Balaban J connectivity index is 1.44. The van der Waals surface area contributed by atoms with Gasteiger partial charge in [-0.1, -0.05) is 24.3 Å². The second-order valence-corrected chi connectivity index (χ2v) is 11.9. The van der Waals surface area contributed by atoms with Crippen LogP contribution in [0.15, 0.2) is 77.8 Å². The van der Waals surface area contributed by atoms with Gasteiger partial charge in [-0.2, -0.15) is 4.31 Å². The first-order chi connectivity index (χ1) is 18.1. The van der Waals surface area contributed by atoms with Crippen molar-refractivity contribution in [3.05, 3.63) is 78.5 Å². The van der Waals surface area contributed by atoms with Crippen molar-refractivity contribution in [1.29, 1.82) is 0 Å². The van der Waals surface area contributed by atoms with Crippen LogP contribution in [0.5, 0.6) is 5.75 Å². The van der Waals surface area contributed by atoms with E-state index < -0.39 is 16.0 Å². The zero-order valence-electron chi connectivity index (χ0n) is 21.4. The molecule has 0 radical (unpaired) electrons. The third kappa shape index (κ3) is 5.12. The van der Waals surface area contributed by atoms with Gasteiger partial charge in [-0.15, -0.1) is 0 Å². The number of hydrogen-bond donors (Lipinski definition) is 2. The van der Waals surface area contributed by atoms with Gasteiger partial charge in [0.15, 0.2) is 0 Å². The molecule has 9 heteroatoms. The first-order valence-corrected chi connectivity index (χ1v) is 14.0. The largest absolute Gasteiger partial charge is 0.491 e. The van der Waals surface area contributed by atoms with Crippen LogP contribution in [0.1, 0.15) is 31.7 Å². The Hall–Kier alpha value is -3.82. The number of nitrogen functional groups attached to an aromatic ring is 1. The highest BCUT2D eigenvalue weighted by molar-refractivity contribution is 7.89. The van der Waals surface area contributed by atoms with Crippen LogP contribution in [0.3, 0.4) is 0 Å². The van der Waals surface area contributed by atoms with Gasteiger partial charge < -0.3 is 20.1 Å². The van der Waals surface area contributed by atoms with Crippen LogP contribution in [-0.2, 0) is 21.4 Å². The molecule has 3 aromatic carbocycles. The number of nitrogens with zero attached hydrogens (tertiary/aromatic N) is 2. The molecule has 1 atom stereocenters. The number of fused-ring (bicyclic) bond motifs is 1. The van der Waals surface area contributed by atoms with E-state index in [-0.39, 0.29) is 23.5 Å². The minimum atomic E-state index is -3.67. The molecule has 38 heavy (non-hydrogen) atoms. The van der Waals surface area contributed by atoms with Crippen LogP contribution in [0.2, 0.25) is 0 Å². The maximum Gasteiger partial charge on any atom is 0.323 e. The predicted octanol–water partition coefficient (Wildman–Crippen LogP) is 4.94. The fourth-order valence-corrected chi connectivity index (χ4v) is 6.63. The van der Waals surface area contributed by atoms with E-state index in [0.717, 1.165) is 27.6 Å². The van der Waals surface area contributed by atoms with Gasteiger partial charge in [0.25, 0.3) is 0 Å². The van der Waals surface area contributed by atoms with Crippen molar-refractivity contribution in [2.24, 2.45) is 0 Å². The number of carboxylic acids is 1. The molecular weight excluding hydrogens is 502 g/mol. The summed E-state index contributed by atoms with van der Waals surface area (Å²) in [6, 6.07) is 20.0. The van der Waals surface area contributed by atoms with Crippen LogP contribution in [-0.4, -0.2) is 47.6 Å². The molecule has 0 spiro atoms. The maximum absolute atomic E-state index is 13.4. The van der Waals surface area contributed by atoms with Gasteiger partial charge in [-0.25, -0.2) is 8.42 Å². The van der Waals surface area contributed by atoms with Gasteiger partial charge in [0, 0.05) is 41.8 Å². The van der Waals surface area contributed by atoms with E-state index in [9.17, 15) is 18.3 Å². The number of aromatic nitrogens is 1. The molecule has 0 aliphatic carbocycles. The third-order valence-electron chi connectivity index (χ3n) is 6.86. The smallest absolute Gasteiger partial charge is 0.323 e. The molecule has 1 saturated heterocycles. The Bertz CT molecular complexity index is 1590. The summed E-state index contributed by atoms with van der Waals surface area (Å²) < 4.78 is 35.6. The van der Waals surface area contributed by atoms with E-state index >= 15 is 0 Å². The highest BCUT2D eigenvalue weighted by atomic mass is 32.2. The summed E-state index contributed by atoms with van der Waals surface area (Å²) in [4.78, 5) is 11.9. The number of benzene rings is 3. The topological polar surface area (TPSA) is 115 Å². The van der Waals surface area contributed by atoms with E-state index in [0.29, 0.717) is 30.9 Å². The number of aliphatic carboxylic acids is 1. The molecule has 0 bridgehead atoms. The van der Waals surface area contributed by atoms with E-state index in [2.05, 4.69) is 0 Å². The fraction of sp³-hybridized carbons (Fsp3) is 0.276. The number of sulfonamides is 1. The minimum Gasteiger partial charge on any atom is -0.491 e. The summed E-state index contributed by atoms with van der Waals surface area (Å²) >= 11 is 0. The molecular formula is C29H31N3O5S. The summed E-state index contributed by atoms with van der Waals surface area (Å²) in [5.41, 5.74) is 10.2. The van der Waals surface area contributed by atoms with Crippen LogP contribution < -0.4 is 10.5 Å². The minimum absolute atomic E-state index is 0.00181. The number of nitrogens with two attached hydrogens (primary N) is 1. The number of rotatable bonds is 8. The number of hydrogen-bond acceptors (Lipinski definition) is 5. The van der Waals surface area contributed by atoms with Gasteiger partial charge >= 0.3 is 5.97 Å². The Labute approximate surface area is 222 Å². The van der Waals surface area contributed by atoms with Crippen LogP contribution in [0.4, 0.5) is 5.69 Å². The molecule has 2 heterocycles. The van der Waals surface area contributed by atoms with E-state index in [1.54, 1.807) is 28.8 Å². The number of carbonyl (C=O) groups is 1. The van der Waals surface area contributed by atoms with Crippen LogP contribution >= 0.6 is 0 Å². The zero-order valence-corrected chi connectivity index (χ0v) is 22.2. The van der Waals surface area contributed by atoms with Gasteiger partial charge in [-0.05, 0) is 79.4 Å². The van der Waals surface area contributed by atoms with E-state index in [1.165, 1.54) is 4.31 Å². The Morgan fingerprint density at radius 1 is 1.08 bits per heavy atom. The molecule has 8 nitrogen and oxygen atoms in total. The Morgan fingerprint density at radius 3 is 2.50 bits per heavy atom. The molecule has 0 saturated carbocycles. The van der Waals surface area contributed by atoms with Crippen molar-refractivity contribution < 1.29 is 23.1 Å². The van der Waals surface area contributed by atoms with Crippen molar-refractivity contribution in [1.82, 2.24) is 8.87 Å². The van der Waals surface area contributed by atoms with E-state index in [4.69, 9.17) is 10.5 Å². The Kier molecular flexibility index (Phi) is 6.90. The maximum atomic E-state index is 13.4. The van der Waals surface area contributed by atoms with Gasteiger partial charge in [-0.3, -0.25) is 4.79 Å². The quantitative estimate of drug-likeness (QED) is 0.310. The van der Waals surface area contributed by atoms with Gasteiger partial charge in [0.1, 0.15) is 12.3 Å². The predicted molar refractivity (Wildman–Crippen MR) is 148 cm³/mol. The van der Waals surface area contributed by atoms with Crippen molar-refractivity contribution >= 4 is 32.6 Å². The SMILES string of the molecule is CC(C)Oc1ccc(S(=O)(=O)N2CCC(c3cn(CC(=O)O)c4cc(-c5cccc(N)c5)ccc34)C2)cc1. The molecule has 0 amide bonds. The summed E-state index contributed by atoms with van der Waals surface area (Å²) in [6.07, 6.45) is 2.51. The van der Waals surface area contributed by atoms with Crippen molar-refractivity contribution in [3.63, 3.8) is 0 Å². The normalized spacial score (nSPS) is 16.3. The number of carboxylic acid groups (broad SMARTS) is 1. The molecule has 3 N–H and O–H groups in total. The zero-order chi connectivity index (χ0) is 27.0. The second-order valence-electron chi connectivity index (χ2n) is 9.95. The summed E-state index contributed by atoms with van der Waals surface area (Å²) in [7, 11) is -3.67. The van der Waals surface area contributed by atoms with Crippen molar-refractivity contribution in [2.75, 3.05) is 18.8 Å². The lowest BCUT2D eigenvalue weighted by atomic mass is 9.96. The molecule has 1 aliphatic heterocycles. The van der Waals surface area contributed by atoms with Gasteiger partial charge in [0.05, 0.1) is 11.0 Å². The standard InChI is InChI=1S/C29H31N3O5S/c1-19(2)37-24-7-9-25(10-8-24)38(35,36)32-13-12-22(16-32)27-17-31(18-29(33)34)28-15-21(6-11-26(27)28)20-4-3-5-23(30)14-20/h3-11,14-15,17,19,22H,12-13,16,18,30H2,1-2H3,(H,33,34). The lowest BCUT2D eigenvalue weighted by Crippen LogP contribution is -2.28.